The first kappa shape index (κ1) is 19.1. The number of carbonyl (C=O) groups is 2. The molecule has 4 aliphatic rings. The lowest BCUT2D eigenvalue weighted by atomic mass is 9.72. The third-order valence-electron chi connectivity index (χ3n) is 7.43. The Balaban J connectivity index is 1.25. The molecule has 1 N–H and O–H groups in total. The second kappa shape index (κ2) is 8.09. The Bertz CT molecular complexity index is 732. The number of nitrogens with one attached hydrogen (secondary N) is 1. The number of nitrogens with zero attached hydrogens (tertiary/aromatic N) is 4. The van der Waals surface area contributed by atoms with Gasteiger partial charge in [-0.2, -0.15) is 5.10 Å². The molecule has 0 unspecified atom stereocenters. The zero-order chi connectivity index (χ0) is 19.8. The number of aromatic nitrogens is 2. The maximum absolute atomic E-state index is 12.8. The van der Waals surface area contributed by atoms with Crippen molar-refractivity contribution in [2.75, 3.05) is 26.2 Å². The number of fused-ring (bicyclic) bond motifs is 4. The fraction of sp³-hybridized carbons (Fsp3) is 0.773. The molecule has 0 radical (unpaired) electrons. The van der Waals surface area contributed by atoms with E-state index in [4.69, 9.17) is 0 Å². The molecule has 7 nitrogen and oxygen atoms in total. The van der Waals surface area contributed by atoms with Crippen LogP contribution in [-0.2, 0) is 16.1 Å². The lowest BCUT2D eigenvalue weighted by Crippen LogP contribution is -2.67. The molecule has 3 saturated heterocycles. The zero-order valence-electron chi connectivity index (χ0n) is 17.2. The maximum atomic E-state index is 12.8. The minimum Gasteiger partial charge on any atom is -0.354 e. The van der Waals surface area contributed by atoms with E-state index in [2.05, 4.69) is 20.2 Å². The maximum Gasteiger partial charge on any atom is 0.223 e. The molecular formula is C22H33N5O2. The van der Waals surface area contributed by atoms with E-state index in [1.54, 1.807) is 0 Å². The van der Waals surface area contributed by atoms with Gasteiger partial charge in [0.15, 0.2) is 0 Å². The van der Waals surface area contributed by atoms with E-state index in [0.717, 1.165) is 58.3 Å². The number of rotatable bonds is 7. The molecule has 158 valence electrons. The van der Waals surface area contributed by atoms with Gasteiger partial charge in [0.25, 0.3) is 0 Å². The summed E-state index contributed by atoms with van der Waals surface area (Å²) < 4.78 is 2.00. The van der Waals surface area contributed by atoms with Crippen molar-refractivity contribution in [3.8, 4) is 0 Å². The molecule has 29 heavy (non-hydrogen) atoms. The summed E-state index contributed by atoms with van der Waals surface area (Å²) in [6.45, 7) is 4.81. The van der Waals surface area contributed by atoms with Crippen LogP contribution >= 0.6 is 0 Å². The molecule has 4 atom stereocenters. The zero-order valence-corrected chi connectivity index (χ0v) is 17.2. The molecule has 5 rings (SSSR count). The van der Waals surface area contributed by atoms with Crippen molar-refractivity contribution in [3.63, 3.8) is 0 Å². The predicted octanol–water partition coefficient (Wildman–Crippen LogP) is 1.50. The van der Waals surface area contributed by atoms with Gasteiger partial charge < -0.3 is 15.1 Å². The normalized spacial score (nSPS) is 32.1. The van der Waals surface area contributed by atoms with Crippen molar-refractivity contribution in [2.45, 2.75) is 63.6 Å². The Hall–Kier alpha value is -1.89. The lowest BCUT2D eigenvalue weighted by Gasteiger charge is -2.56. The number of aryl methyl sites for hydroxylation is 1. The van der Waals surface area contributed by atoms with Gasteiger partial charge in [-0.05, 0) is 63.0 Å². The SMILES string of the molecule is O=C(NC[C@H]1[C@H]2C[C@H](CN(CCCn3cccn3)C2)[C@@H]2CCCC(=O)N21)C1CC1. The average Bonchev–Trinajstić information content (AvgIpc) is 3.45. The van der Waals surface area contributed by atoms with Gasteiger partial charge in [0.1, 0.15) is 0 Å². The molecule has 1 saturated carbocycles. The van der Waals surface area contributed by atoms with Crippen molar-refractivity contribution in [1.82, 2.24) is 24.9 Å². The quantitative estimate of drug-likeness (QED) is 0.754. The molecule has 1 aromatic rings. The summed E-state index contributed by atoms with van der Waals surface area (Å²) in [6.07, 6.45) is 11.0. The van der Waals surface area contributed by atoms with E-state index in [0.29, 0.717) is 36.8 Å². The first-order valence-electron chi connectivity index (χ1n) is 11.5. The van der Waals surface area contributed by atoms with E-state index >= 15 is 0 Å². The molecule has 0 aromatic carbocycles. The monoisotopic (exact) mass is 399 g/mol. The summed E-state index contributed by atoms with van der Waals surface area (Å²) in [5.74, 6) is 1.78. The summed E-state index contributed by atoms with van der Waals surface area (Å²) in [4.78, 5) is 29.9. The largest absolute Gasteiger partial charge is 0.354 e. The highest BCUT2D eigenvalue weighted by molar-refractivity contribution is 5.81. The number of carbonyl (C=O) groups excluding carboxylic acids is 2. The average molecular weight is 400 g/mol. The third-order valence-corrected chi connectivity index (χ3v) is 7.43. The van der Waals surface area contributed by atoms with Crippen LogP contribution in [-0.4, -0.2) is 69.7 Å². The predicted molar refractivity (Wildman–Crippen MR) is 109 cm³/mol. The van der Waals surface area contributed by atoms with Crippen LogP contribution < -0.4 is 5.32 Å². The molecule has 4 fully saturated rings. The number of hydrogen-bond acceptors (Lipinski definition) is 4. The summed E-state index contributed by atoms with van der Waals surface area (Å²) in [5, 5.41) is 7.49. The van der Waals surface area contributed by atoms with Crippen LogP contribution in [0, 0.1) is 17.8 Å². The van der Waals surface area contributed by atoms with Crippen LogP contribution in [0.5, 0.6) is 0 Å². The van der Waals surface area contributed by atoms with E-state index < -0.39 is 0 Å². The molecule has 2 bridgehead atoms. The lowest BCUT2D eigenvalue weighted by molar-refractivity contribution is -0.153. The standard InChI is InChI=1S/C22H33N5O2/c28-21-5-1-4-19-17-12-18(20(27(19)21)13-23-22(29)16-6-7-16)15-25(14-17)9-3-11-26-10-2-8-24-26/h2,8,10,16-20H,1,3-7,9,11-15H2,(H,23,29)/t17-,18+,19+,20+/m1/s1. The minimum absolute atomic E-state index is 0.167. The van der Waals surface area contributed by atoms with E-state index in [1.165, 1.54) is 6.42 Å². The van der Waals surface area contributed by atoms with E-state index in [1.807, 2.05) is 23.1 Å². The van der Waals surface area contributed by atoms with Crippen LogP contribution in [0.2, 0.25) is 0 Å². The Morgan fingerprint density at radius 3 is 2.83 bits per heavy atom. The van der Waals surface area contributed by atoms with E-state index in [9.17, 15) is 9.59 Å². The van der Waals surface area contributed by atoms with Crippen molar-refractivity contribution in [2.24, 2.45) is 17.8 Å². The third kappa shape index (κ3) is 4.06. The molecule has 4 heterocycles. The van der Waals surface area contributed by atoms with Crippen LogP contribution in [0.1, 0.15) is 44.9 Å². The first-order valence-corrected chi connectivity index (χ1v) is 11.5. The fourth-order valence-electron chi connectivity index (χ4n) is 5.90. The Labute approximate surface area is 172 Å². The van der Waals surface area contributed by atoms with E-state index in [-0.39, 0.29) is 17.9 Å². The van der Waals surface area contributed by atoms with Gasteiger partial charge in [-0.25, -0.2) is 0 Å². The Morgan fingerprint density at radius 1 is 1.17 bits per heavy atom. The topological polar surface area (TPSA) is 70.5 Å². The molecule has 3 aliphatic heterocycles. The van der Waals surface area contributed by atoms with Crippen LogP contribution in [0.15, 0.2) is 18.5 Å². The summed E-state index contributed by atoms with van der Waals surface area (Å²) in [7, 11) is 0. The van der Waals surface area contributed by atoms with Gasteiger partial charge in [-0.3, -0.25) is 14.3 Å². The van der Waals surface area contributed by atoms with Crippen LogP contribution in [0.4, 0.5) is 0 Å². The molecular weight excluding hydrogens is 366 g/mol. The Kier molecular flexibility index (Phi) is 5.33. The minimum atomic E-state index is 0.167. The summed E-state index contributed by atoms with van der Waals surface area (Å²) in [5.41, 5.74) is 0. The second-order valence-corrected chi connectivity index (χ2v) is 9.49. The highest BCUT2D eigenvalue weighted by Gasteiger charge is 2.49. The number of piperidine rings is 3. The van der Waals surface area contributed by atoms with Gasteiger partial charge in [0.2, 0.25) is 11.8 Å². The van der Waals surface area contributed by atoms with Gasteiger partial charge >= 0.3 is 0 Å². The van der Waals surface area contributed by atoms with Gasteiger partial charge in [0.05, 0.1) is 6.04 Å². The molecule has 1 aromatic heterocycles. The van der Waals surface area contributed by atoms with Gasteiger partial charge in [-0.1, -0.05) is 0 Å². The Morgan fingerprint density at radius 2 is 2.03 bits per heavy atom. The summed E-state index contributed by atoms with van der Waals surface area (Å²) >= 11 is 0. The second-order valence-electron chi connectivity index (χ2n) is 9.49. The van der Waals surface area contributed by atoms with Gasteiger partial charge in [-0.15, -0.1) is 0 Å². The van der Waals surface area contributed by atoms with Crippen molar-refractivity contribution >= 4 is 11.8 Å². The van der Waals surface area contributed by atoms with Crippen LogP contribution in [0.3, 0.4) is 0 Å². The first-order chi connectivity index (χ1) is 14.2. The molecule has 7 heteroatoms. The highest BCUT2D eigenvalue weighted by Crippen LogP contribution is 2.41. The number of likely N-dealkylation sites (tertiary alicyclic amines) is 1. The fourth-order valence-corrected chi connectivity index (χ4v) is 5.90. The van der Waals surface area contributed by atoms with Crippen molar-refractivity contribution < 1.29 is 9.59 Å². The van der Waals surface area contributed by atoms with Crippen molar-refractivity contribution in [3.05, 3.63) is 18.5 Å². The highest BCUT2D eigenvalue weighted by atomic mass is 16.2. The summed E-state index contributed by atoms with van der Waals surface area (Å²) in [6, 6.07) is 2.51. The van der Waals surface area contributed by atoms with Crippen molar-refractivity contribution in [1.29, 1.82) is 0 Å². The molecule has 0 spiro atoms. The molecule has 1 aliphatic carbocycles. The molecule has 2 amide bonds. The smallest absolute Gasteiger partial charge is 0.223 e. The van der Waals surface area contributed by atoms with Crippen LogP contribution in [0.25, 0.3) is 0 Å². The number of amides is 2. The van der Waals surface area contributed by atoms with Gasteiger partial charge in [0, 0.05) is 57.0 Å². The number of hydrogen-bond donors (Lipinski definition) is 1.